The molecule has 0 atom stereocenters. The number of nitro groups is 1. The summed E-state index contributed by atoms with van der Waals surface area (Å²) < 4.78 is 26.5. The van der Waals surface area contributed by atoms with E-state index in [2.05, 4.69) is 9.68 Å². The van der Waals surface area contributed by atoms with Crippen molar-refractivity contribution >= 4 is 25.4 Å². The van der Waals surface area contributed by atoms with Crippen LogP contribution in [0.3, 0.4) is 0 Å². The fraction of sp³-hybridized carbons (Fsp3) is 0. The van der Waals surface area contributed by atoms with Crippen LogP contribution in [0, 0.1) is 10.1 Å². The van der Waals surface area contributed by atoms with E-state index in [0.717, 1.165) is 6.07 Å². The molecule has 7 nitrogen and oxygen atoms in total. The standard InChI is InChI=1S/C9H5ClN2O5S/c10-18(15,16)9-5-7(11-17-9)6-3-1-2-4-8(6)12(13)14/h1-5H. The minimum Gasteiger partial charge on any atom is -0.343 e. The normalized spacial score (nSPS) is 11.4. The largest absolute Gasteiger partial charge is 0.343 e. The zero-order valence-electron chi connectivity index (χ0n) is 8.61. The molecule has 2 aromatic rings. The Kier molecular flexibility index (Phi) is 3.05. The zero-order valence-corrected chi connectivity index (χ0v) is 10.2. The number of aromatic nitrogens is 1. The van der Waals surface area contributed by atoms with Crippen LogP contribution < -0.4 is 0 Å². The van der Waals surface area contributed by atoms with Gasteiger partial charge in [0, 0.05) is 22.8 Å². The molecule has 0 bridgehead atoms. The highest BCUT2D eigenvalue weighted by Crippen LogP contribution is 2.30. The van der Waals surface area contributed by atoms with Gasteiger partial charge in [-0.15, -0.1) is 0 Å². The molecule has 0 aliphatic rings. The van der Waals surface area contributed by atoms with Crippen LogP contribution in [0.2, 0.25) is 0 Å². The molecule has 0 spiro atoms. The predicted octanol–water partition coefficient (Wildman–Crippen LogP) is 2.18. The lowest BCUT2D eigenvalue weighted by atomic mass is 10.1. The fourth-order valence-electron chi connectivity index (χ4n) is 1.35. The van der Waals surface area contributed by atoms with Crippen LogP contribution >= 0.6 is 10.7 Å². The van der Waals surface area contributed by atoms with E-state index >= 15 is 0 Å². The van der Waals surface area contributed by atoms with Crippen molar-refractivity contribution in [3.05, 3.63) is 40.4 Å². The van der Waals surface area contributed by atoms with Gasteiger partial charge in [-0.1, -0.05) is 17.3 Å². The van der Waals surface area contributed by atoms with Crippen molar-refractivity contribution in [2.75, 3.05) is 0 Å². The Balaban J connectivity index is 2.57. The number of hydrogen-bond donors (Lipinski definition) is 0. The summed E-state index contributed by atoms with van der Waals surface area (Å²) in [5, 5.41) is 13.7. The van der Waals surface area contributed by atoms with Gasteiger partial charge in [-0.05, 0) is 6.07 Å². The van der Waals surface area contributed by atoms with Crippen LogP contribution in [0.4, 0.5) is 5.69 Å². The minimum atomic E-state index is -4.05. The molecule has 9 heteroatoms. The first-order valence-electron chi connectivity index (χ1n) is 4.55. The second-order valence-corrected chi connectivity index (χ2v) is 5.74. The lowest BCUT2D eigenvalue weighted by molar-refractivity contribution is -0.384. The highest BCUT2D eigenvalue weighted by Gasteiger charge is 2.22. The maximum Gasteiger partial charge on any atom is 0.297 e. The lowest BCUT2D eigenvalue weighted by Crippen LogP contribution is -1.91. The monoisotopic (exact) mass is 288 g/mol. The van der Waals surface area contributed by atoms with Crippen LogP contribution in [0.25, 0.3) is 11.3 Å². The van der Waals surface area contributed by atoms with Crippen molar-refractivity contribution in [3.63, 3.8) is 0 Å². The Morgan fingerprint density at radius 2 is 2.00 bits per heavy atom. The molecule has 0 N–H and O–H groups in total. The van der Waals surface area contributed by atoms with E-state index in [4.69, 9.17) is 10.7 Å². The molecular formula is C9H5ClN2O5S. The van der Waals surface area contributed by atoms with Crippen molar-refractivity contribution in [2.45, 2.75) is 5.09 Å². The lowest BCUT2D eigenvalue weighted by Gasteiger charge is -1.96. The van der Waals surface area contributed by atoms with Crippen molar-refractivity contribution < 1.29 is 17.9 Å². The molecule has 18 heavy (non-hydrogen) atoms. The Labute approximate surface area is 106 Å². The molecule has 1 aromatic carbocycles. The summed E-state index contributed by atoms with van der Waals surface area (Å²) in [5.74, 6) is 0. The number of benzene rings is 1. The van der Waals surface area contributed by atoms with E-state index in [1.165, 1.54) is 18.2 Å². The number of halogens is 1. The number of hydrogen-bond acceptors (Lipinski definition) is 6. The Morgan fingerprint density at radius 1 is 1.33 bits per heavy atom. The average Bonchev–Trinajstić information content (AvgIpc) is 2.77. The molecule has 1 aromatic heterocycles. The molecule has 0 unspecified atom stereocenters. The molecule has 0 aliphatic carbocycles. The van der Waals surface area contributed by atoms with E-state index in [9.17, 15) is 18.5 Å². The number of rotatable bonds is 3. The van der Waals surface area contributed by atoms with Crippen molar-refractivity contribution in [1.29, 1.82) is 0 Å². The fourth-order valence-corrected chi connectivity index (χ4v) is 1.95. The molecule has 1 heterocycles. The van der Waals surface area contributed by atoms with Gasteiger partial charge in [0.25, 0.3) is 19.8 Å². The number of nitro benzene ring substituents is 1. The van der Waals surface area contributed by atoms with Crippen molar-refractivity contribution in [3.8, 4) is 11.3 Å². The topological polar surface area (TPSA) is 103 Å². The minimum absolute atomic E-state index is 0.0292. The summed E-state index contributed by atoms with van der Waals surface area (Å²) in [5.41, 5.74) is -0.0244. The van der Waals surface area contributed by atoms with Gasteiger partial charge in [0.1, 0.15) is 5.69 Å². The van der Waals surface area contributed by atoms with Gasteiger partial charge >= 0.3 is 0 Å². The maximum atomic E-state index is 11.0. The summed E-state index contributed by atoms with van der Waals surface area (Å²) in [4.78, 5) is 10.2. The number of para-hydroxylation sites is 1. The molecule has 0 fully saturated rings. The quantitative estimate of drug-likeness (QED) is 0.487. The first-order valence-corrected chi connectivity index (χ1v) is 6.85. The highest BCUT2D eigenvalue weighted by molar-refractivity contribution is 8.13. The third-order valence-corrected chi connectivity index (χ3v) is 3.23. The molecule has 0 saturated heterocycles. The predicted molar refractivity (Wildman–Crippen MR) is 61.6 cm³/mol. The van der Waals surface area contributed by atoms with Gasteiger partial charge in [0.05, 0.1) is 10.5 Å². The van der Waals surface area contributed by atoms with Crippen LogP contribution in [0.1, 0.15) is 0 Å². The molecule has 2 rings (SSSR count). The van der Waals surface area contributed by atoms with E-state index in [1.807, 2.05) is 0 Å². The van der Waals surface area contributed by atoms with Gasteiger partial charge in [-0.3, -0.25) is 10.1 Å². The maximum absolute atomic E-state index is 11.0. The molecular weight excluding hydrogens is 284 g/mol. The smallest absolute Gasteiger partial charge is 0.297 e. The van der Waals surface area contributed by atoms with Crippen LogP contribution in [0.5, 0.6) is 0 Å². The first kappa shape index (κ1) is 12.5. The van der Waals surface area contributed by atoms with Crippen molar-refractivity contribution in [2.24, 2.45) is 0 Å². The van der Waals surface area contributed by atoms with Gasteiger partial charge in [-0.25, -0.2) is 8.42 Å². The van der Waals surface area contributed by atoms with Crippen LogP contribution in [-0.2, 0) is 9.05 Å². The molecule has 0 amide bonds. The Hall–Kier alpha value is -1.93. The first-order chi connectivity index (χ1) is 8.39. The zero-order chi connectivity index (χ0) is 13.3. The van der Waals surface area contributed by atoms with Crippen LogP contribution in [-0.4, -0.2) is 18.5 Å². The van der Waals surface area contributed by atoms with Gasteiger partial charge < -0.3 is 4.52 Å². The van der Waals surface area contributed by atoms with Crippen LogP contribution in [0.15, 0.2) is 39.9 Å². The number of nitrogens with zero attached hydrogens (tertiary/aromatic N) is 2. The average molecular weight is 289 g/mol. The molecule has 0 saturated carbocycles. The van der Waals surface area contributed by atoms with E-state index in [-0.39, 0.29) is 16.9 Å². The highest BCUT2D eigenvalue weighted by atomic mass is 35.7. The van der Waals surface area contributed by atoms with E-state index < -0.39 is 19.1 Å². The van der Waals surface area contributed by atoms with Gasteiger partial charge in [-0.2, -0.15) is 0 Å². The Morgan fingerprint density at radius 3 is 2.56 bits per heavy atom. The summed E-state index contributed by atoms with van der Waals surface area (Å²) >= 11 is 0. The summed E-state index contributed by atoms with van der Waals surface area (Å²) in [6.07, 6.45) is 0. The Bertz CT molecular complexity index is 709. The molecule has 0 aliphatic heterocycles. The van der Waals surface area contributed by atoms with E-state index in [0.29, 0.717) is 0 Å². The third-order valence-electron chi connectivity index (χ3n) is 2.11. The van der Waals surface area contributed by atoms with Crippen molar-refractivity contribution in [1.82, 2.24) is 5.16 Å². The second-order valence-electron chi connectivity index (χ2n) is 3.24. The van der Waals surface area contributed by atoms with Gasteiger partial charge in [0.2, 0.25) is 0 Å². The second kappa shape index (κ2) is 4.39. The van der Waals surface area contributed by atoms with E-state index in [1.54, 1.807) is 6.07 Å². The molecule has 0 radical (unpaired) electrons. The summed E-state index contributed by atoms with van der Waals surface area (Å²) in [6, 6.07) is 6.79. The summed E-state index contributed by atoms with van der Waals surface area (Å²) in [6.45, 7) is 0. The van der Waals surface area contributed by atoms with Gasteiger partial charge in [0.15, 0.2) is 0 Å². The SMILES string of the molecule is O=[N+]([O-])c1ccccc1-c1cc(S(=O)(=O)Cl)on1. The molecule has 94 valence electrons. The summed E-state index contributed by atoms with van der Waals surface area (Å²) in [7, 11) is 1.02. The third kappa shape index (κ3) is 2.34.